The number of aliphatic imine (C=N–C) groups is 1. The van der Waals surface area contributed by atoms with Crippen molar-refractivity contribution in [2.24, 2.45) is 10.9 Å². The number of aryl methyl sites for hydroxylation is 1. The van der Waals surface area contributed by atoms with E-state index in [-0.39, 0.29) is 11.9 Å². The number of halogens is 1. The quantitative estimate of drug-likeness (QED) is 0.276. The molecule has 1 unspecified atom stereocenters. The van der Waals surface area contributed by atoms with Crippen LogP contribution in [0.4, 0.5) is 5.82 Å². The van der Waals surface area contributed by atoms with Crippen LogP contribution in [0.1, 0.15) is 18.2 Å². The van der Waals surface area contributed by atoms with Crippen LogP contribution in [0.25, 0.3) is 5.57 Å². The van der Waals surface area contributed by atoms with Crippen LogP contribution in [0.3, 0.4) is 0 Å². The Morgan fingerprint density at radius 2 is 2.32 bits per heavy atom. The number of nitrogens with one attached hydrogen (secondary N) is 2. The molecule has 0 aliphatic rings. The lowest BCUT2D eigenvalue weighted by atomic mass is 9.95. The Kier molecular flexibility index (Phi) is 8.69. The highest BCUT2D eigenvalue weighted by atomic mass is 35.5. The molecule has 0 aliphatic heterocycles. The van der Waals surface area contributed by atoms with Gasteiger partial charge in [-0.2, -0.15) is 10.4 Å². The highest BCUT2D eigenvalue weighted by Crippen LogP contribution is 2.22. The molecule has 2 heterocycles. The number of nitrogens with zero attached hydrogens (tertiary/aromatic N) is 4. The summed E-state index contributed by atoms with van der Waals surface area (Å²) >= 11 is 5.75. The molecule has 0 bridgehead atoms. The van der Waals surface area contributed by atoms with Gasteiger partial charge in [-0.25, -0.2) is 0 Å². The molecule has 0 saturated carbocycles. The molecule has 0 aromatic carbocycles. The summed E-state index contributed by atoms with van der Waals surface area (Å²) in [6.45, 7) is 9.74. The van der Waals surface area contributed by atoms with Crippen LogP contribution >= 0.6 is 11.6 Å². The van der Waals surface area contributed by atoms with Crippen LogP contribution in [-0.2, 0) is 0 Å². The lowest BCUT2D eigenvalue weighted by molar-refractivity contribution is 0.978. The van der Waals surface area contributed by atoms with Crippen molar-refractivity contribution in [2.75, 3.05) is 11.3 Å². The average Bonchev–Trinajstić information content (AvgIpc) is 3.06. The van der Waals surface area contributed by atoms with Crippen LogP contribution in [0.15, 0.2) is 54.8 Å². The summed E-state index contributed by atoms with van der Waals surface area (Å²) in [6.07, 6.45) is 5.21. The zero-order valence-electron chi connectivity index (χ0n) is 14.3. The van der Waals surface area contributed by atoms with E-state index in [0.717, 1.165) is 16.8 Å². The fraction of sp³-hybridized carbons (Fsp3) is 0.222. The molecule has 2 N–H and O–H groups in total. The number of alkyl halides is 1. The van der Waals surface area contributed by atoms with Crippen molar-refractivity contribution in [3.05, 3.63) is 61.1 Å². The molecule has 6 nitrogen and oxygen atoms in total. The molecule has 0 fully saturated rings. The Morgan fingerprint density at radius 1 is 1.56 bits per heavy atom. The van der Waals surface area contributed by atoms with E-state index in [1.54, 1.807) is 18.5 Å². The van der Waals surface area contributed by atoms with Crippen molar-refractivity contribution in [1.82, 2.24) is 15.2 Å². The van der Waals surface area contributed by atoms with Gasteiger partial charge in [0.2, 0.25) is 0 Å². The normalized spacial score (nSPS) is 12.6. The fourth-order valence-corrected chi connectivity index (χ4v) is 2.14. The first kappa shape index (κ1) is 20.1. The number of amidine groups is 1. The van der Waals surface area contributed by atoms with Crippen molar-refractivity contribution >= 4 is 28.8 Å². The van der Waals surface area contributed by atoms with Gasteiger partial charge in [0.15, 0.2) is 5.82 Å². The Bertz CT molecular complexity index is 757. The molecule has 0 radical (unpaired) electrons. The van der Waals surface area contributed by atoms with Crippen molar-refractivity contribution in [3.8, 4) is 6.07 Å². The summed E-state index contributed by atoms with van der Waals surface area (Å²) in [6, 6.07) is 7.94. The van der Waals surface area contributed by atoms with Crippen LogP contribution in [0, 0.1) is 24.2 Å². The number of rotatable bonds is 5. The van der Waals surface area contributed by atoms with Gasteiger partial charge in [-0.1, -0.05) is 6.07 Å². The number of hydrogen-bond donors (Lipinski definition) is 2. The number of aromatic nitrogens is 3. The van der Waals surface area contributed by atoms with E-state index in [4.69, 9.17) is 11.6 Å². The summed E-state index contributed by atoms with van der Waals surface area (Å²) < 4.78 is 0. The standard InChI is InChI=1S/C16H17ClN6.C2H4/c1-11(8-18)14(13-4-3-5-19-9-13)7-15(20-10-17)21-16-6-12(2)22-23-16;1-2/h3-7,9,11H,10H2,1-2H3,(H2,20,21,22,23);1-2H2/b14-7+;. The molecule has 7 heteroatoms. The zero-order chi connectivity index (χ0) is 18.7. The number of aromatic amines is 1. The van der Waals surface area contributed by atoms with E-state index in [2.05, 4.69) is 44.7 Å². The Hall–Kier alpha value is -2.91. The lowest BCUT2D eigenvalue weighted by Crippen LogP contribution is -2.12. The molecular weight excluding hydrogens is 336 g/mol. The fourth-order valence-electron chi connectivity index (χ4n) is 2.01. The third kappa shape index (κ3) is 6.24. The van der Waals surface area contributed by atoms with Crippen LogP contribution in [-0.4, -0.2) is 27.0 Å². The molecule has 0 saturated heterocycles. The molecule has 130 valence electrons. The molecule has 0 amide bonds. The first-order valence-corrected chi connectivity index (χ1v) is 8.08. The Morgan fingerprint density at radius 3 is 2.84 bits per heavy atom. The van der Waals surface area contributed by atoms with E-state index < -0.39 is 0 Å². The van der Waals surface area contributed by atoms with Crippen LogP contribution in [0.5, 0.6) is 0 Å². The van der Waals surface area contributed by atoms with Gasteiger partial charge in [0, 0.05) is 24.2 Å². The minimum atomic E-state index is -0.317. The van der Waals surface area contributed by atoms with Gasteiger partial charge >= 0.3 is 0 Å². The summed E-state index contributed by atoms with van der Waals surface area (Å²) in [5, 5.41) is 19.4. The van der Waals surface area contributed by atoms with Gasteiger partial charge in [-0.05, 0) is 37.1 Å². The zero-order valence-corrected chi connectivity index (χ0v) is 15.1. The number of allylic oxidation sites excluding steroid dienone is 1. The first-order valence-electron chi connectivity index (χ1n) is 7.55. The number of pyridine rings is 1. The highest BCUT2D eigenvalue weighted by Gasteiger charge is 2.12. The van der Waals surface area contributed by atoms with Gasteiger partial charge in [0.1, 0.15) is 11.8 Å². The molecule has 0 aliphatic carbocycles. The summed E-state index contributed by atoms with van der Waals surface area (Å²) in [5.74, 6) is 0.854. The number of H-pyrrole nitrogens is 1. The van der Waals surface area contributed by atoms with Crippen molar-refractivity contribution in [3.63, 3.8) is 0 Å². The van der Waals surface area contributed by atoms with E-state index in [1.165, 1.54) is 0 Å². The monoisotopic (exact) mass is 356 g/mol. The van der Waals surface area contributed by atoms with E-state index in [1.807, 2.05) is 32.0 Å². The predicted octanol–water partition coefficient (Wildman–Crippen LogP) is 4.17. The van der Waals surface area contributed by atoms with E-state index in [0.29, 0.717) is 11.7 Å². The van der Waals surface area contributed by atoms with Crippen LogP contribution in [0.2, 0.25) is 0 Å². The van der Waals surface area contributed by atoms with Crippen molar-refractivity contribution in [2.45, 2.75) is 13.8 Å². The molecule has 25 heavy (non-hydrogen) atoms. The second-order valence-corrected chi connectivity index (χ2v) is 5.16. The topological polar surface area (TPSA) is 89.8 Å². The van der Waals surface area contributed by atoms with Gasteiger partial charge in [0.25, 0.3) is 0 Å². The van der Waals surface area contributed by atoms with Crippen molar-refractivity contribution < 1.29 is 0 Å². The number of hydrogen-bond acceptors (Lipinski definition) is 4. The highest BCUT2D eigenvalue weighted by molar-refractivity contribution is 6.19. The van der Waals surface area contributed by atoms with Gasteiger partial charge in [-0.15, -0.1) is 24.8 Å². The largest absolute Gasteiger partial charge is 0.324 e. The van der Waals surface area contributed by atoms with E-state index in [9.17, 15) is 5.26 Å². The molecule has 2 aromatic rings. The molecule has 1 atom stereocenters. The summed E-state index contributed by atoms with van der Waals surface area (Å²) in [4.78, 5) is 8.33. The third-order valence-electron chi connectivity index (χ3n) is 3.14. The van der Waals surface area contributed by atoms with Gasteiger partial charge in [0.05, 0.1) is 12.0 Å². The SMILES string of the molecule is C=C.Cc1cc(NC(/C=C(/c2cccnc2)C(C)C#N)=N/CCl)n[nH]1. The second kappa shape index (κ2) is 10.8. The van der Waals surface area contributed by atoms with Gasteiger partial charge in [-0.3, -0.25) is 15.1 Å². The maximum Gasteiger partial charge on any atom is 0.153 e. The molecule has 0 spiro atoms. The first-order chi connectivity index (χ1) is 12.1. The minimum Gasteiger partial charge on any atom is -0.324 e. The summed E-state index contributed by atoms with van der Waals surface area (Å²) in [7, 11) is 0. The predicted molar refractivity (Wildman–Crippen MR) is 103 cm³/mol. The smallest absolute Gasteiger partial charge is 0.153 e. The molecule has 2 aromatic heterocycles. The Labute approximate surface area is 153 Å². The maximum absolute atomic E-state index is 9.29. The van der Waals surface area contributed by atoms with Crippen LogP contribution < -0.4 is 5.32 Å². The van der Waals surface area contributed by atoms with E-state index >= 15 is 0 Å². The van der Waals surface area contributed by atoms with Crippen molar-refractivity contribution in [1.29, 1.82) is 5.26 Å². The minimum absolute atomic E-state index is 0.101. The molecule has 2 rings (SSSR count). The van der Waals surface area contributed by atoms with Gasteiger partial charge < -0.3 is 5.32 Å². The summed E-state index contributed by atoms with van der Waals surface area (Å²) in [5.41, 5.74) is 2.60. The number of nitriles is 1. The number of anilines is 1. The Balaban J connectivity index is 0.00000151. The maximum atomic E-state index is 9.29. The third-order valence-corrected chi connectivity index (χ3v) is 3.26. The second-order valence-electron chi connectivity index (χ2n) is 4.92. The lowest BCUT2D eigenvalue weighted by Gasteiger charge is -2.11. The molecular formula is C18H21ClN6. The average molecular weight is 357 g/mol.